The Bertz CT molecular complexity index is 3210. The quantitative estimate of drug-likeness (QED) is 0.174. The van der Waals surface area contributed by atoms with E-state index >= 15 is 0 Å². The monoisotopic (exact) mass is 810 g/mol. The van der Waals surface area contributed by atoms with Gasteiger partial charge in [0.15, 0.2) is 0 Å². The molecule has 0 fully saturated rings. The second kappa shape index (κ2) is 15.8. The number of hydrogen-bond donors (Lipinski definition) is 1. The summed E-state index contributed by atoms with van der Waals surface area (Å²) in [7, 11) is 0. The molecule has 4 nitrogen and oxygen atoms in total. The minimum absolute atomic E-state index is 0.0916. The van der Waals surface area contributed by atoms with Gasteiger partial charge in [-0.15, -0.1) is 0 Å². The van der Waals surface area contributed by atoms with Gasteiger partial charge in [0, 0.05) is 32.6 Å². The molecule has 9 aromatic rings. The number of nitrogens with zero attached hydrogens (tertiary/aromatic N) is 3. The van der Waals surface area contributed by atoms with Crippen LogP contribution < -0.4 is 0 Å². The van der Waals surface area contributed by atoms with Crippen molar-refractivity contribution in [1.29, 1.82) is 0 Å². The van der Waals surface area contributed by atoms with E-state index in [0.717, 1.165) is 83.6 Å². The number of phenols is 1. The van der Waals surface area contributed by atoms with Gasteiger partial charge in [-0.2, -0.15) is 0 Å². The zero-order valence-electron chi connectivity index (χ0n) is 39.5. The van der Waals surface area contributed by atoms with E-state index in [1.807, 2.05) is 42.5 Å². The zero-order chi connectivity index (χ0) is 45.8. The normalized spacial score (nSPS) is 12.9. The summed E-state index contributed by atoms with van der Waals surface area (Å²) in [6.45, 7) is 13.0. The Labute approximate surface area is 370 Å². The maximum absolute atomic E-state index is 12.3. The summed E-state index contributed by atoms with van der Waals surface area (Å²) >= 11 is 0. The summed E-state index contributed by atoms with van der Waals surface area (Å²) < 4.78 is 25.8. The summed E-state index contributed by atoms with van der Waals surface area (Å²) in [4.78, 5) is 10.5. The van der Waals surface area contributed by atoms with Gasteiger partial charge in [0.25, 0.3) is 0 Å². The van der Waals surface area contributed by atoms with Crippen LogP contribution in [0.2, 0.25) is 0 Å². The minimum Gasteiger partial charge on any atom is -0.507 e. The average Bonchev–Trinajstić information content (AvgIpc) is 3.68. The first-order valence-electron chi connectivity index (χ1n) is 22.8. The van der Waals surface area contributed by atoms with E-state index in [2.05, 4.69) is 162 Å². The molecular formula is C58H53N3O. The van der Waals surface area contributed by atoms with Crippen molar-refractivity contribution in [2.24, 2.45) is 0 Å². The lowest BCUT2D eigenvalue weighted by Gasteiger charge is -2.24. The fourth-order valence-corrected chi connectivity index (χ4v) is 8.48. The maximum atomic E-state index is 12.3. The van der Waals surface area contributed by atoms with E-state index in [1.54, 1.807) is 18.3 Å². The highest BCUT2D eigenvalue weighted by Crippen LogP contribution is 2.45. The predicted molar refractivity (Wildman–Crippen MR) is 260 cm³/mol. The lowest BCUT2D eigenvalue weighted by molar-refractivity contribution is 0.448. The molecule has 2 aromatic heterocycles. The van der Waals surface area contributed by atoms with E-state index in [-0.39, 0.29) is 16.6 Å². The number of pyridine rings is 1. The first kappa shape index (κ1) is 36.8. The molecule has 9 rings (SSSR count). The number of aromatic nitrogens is 3. The molecule has 7 aromatic carbocycles. The third-order valence-electron chi connectivity index (χ3n) is 11.8. The largest absolute Gasteiger partial charge is 0.507 e. The maximum Gasteiger partial charge on any atom is 0.149 e. The van der Waals surface area contributed by atoms with Crippen molar-refractivity contribution in [3.05, 3.63) is 192 Å². The van der Waals surface area contributed by atoms with Crippen molar-refractivity contribution in [3.63, 3.8) is 0 Å². The molecule has 0 saturated carbocycles. The molecule has 0 amide bonds. The second-order valence-corrected chi connectivity index (χ2v) is 18.4. The van der Waals surface area contributed by atoms with Gasteiger partial charge in [-0.3, -0.25) is 9.55 Å². The summed E-state index contributed by atoms with van der Waals surface area (Å²) in [6, 6.07) is 55.7. The van der Waals surface area contributed by atoms with E-state index < -0.39 is 6.85 Å². The average molecular weight is 811 g/mol. The number of phenolic OH excluding ortho intramolecular Hbond substituents is 1. The van der Waals surface area contributed by atoms with Crippen molar-refractivity contribution in [1.82, 2.24) is 14.5 Å². The fourth-order valence-electron chi connectivity index (χ4n) is 8.48. The van der Waals surface area contributed by atoms with Crippen LogP contribution in [-0.4, -0.2) is 19.6 Å². The van der Waals surface area contributed by atoms with E-state index in [1.165, 1.54) is 5.56 Å². The van der Waals surface area contributed by atoms with Crippen LogP contribution in [0, 0.1) is 13.8 Å². The van der Waals surface area contributed by atoms with Crippen molar-refractivity contribution in [3.8, 4) is 78.6 Å². The standard InChI is InChI=1S/C58H53N3O/c1-37-22-24-40(25-23-37)42-28-29-59-51(35-42)45-33-43(39-16-11-9-12-17-39)32-44(34-45)47-20-15-21-53-54(47)60-56(49-30-38(2)31-50(55(49)62)58(6,7)8)61(53)52-27-26-46(57(3,4)5)36-48(52)41-18-13-10-14-19-41/h9-36,62H,1-8H3/i1D3. The number of benzene rings is 7. The van der Waals surface area contributed by atoms with Crippen LogP contribution in [0.5, 0.6) is 5.75 Å². The number of aryl methyl sites for hydroxylation is 2. The molecule has 0 aliphatic heterocycles. The van der Waals surface area contributed by atoms with Crippen LogP contribution in [0.4, 0.5) is 0 Å². The van der Waals surface area contributed by atoms with Crippen LogP contribution in [0.15, 0.2) is 170 Å². The Morgan fingerprint density at radius 2 is 1.19 bits per heavy atom. The molecule has 0 aliphatic rings. The Hall–Kier alpha value is -7.04. The molecule has 0 spiro atoms. The molecule has 62 heavy (non-hydrogen) atoms. The predicted octanol–water partition coefficient (Wildman–Crippen LogP) is 15.3. The molecule has 0 radical (unpaired) electrons. The van der Waals surface area contributed by atoms with Gasteiger partial charge >= 0.3 is 0 Å². The summed E-state index contributed by atoms with van der Waals surface area (Å²) in [6.07, 6.45) is 1.81. The van der Waals surface area contributed by atoms with Gasteiger partial charge in [0.1, 0.15) is 11.6 Å². The van der Waals surface area contributed by atoms with Crippen molar-refractivity contribution >= 4 is 11.0 Å². The number of hydrogen-bond acceptors (Lipinski definition) is 3. The Balaban J connectivity index is 1.31. The molecule has 0 aliphatic carbocycles. The van der Waals surface area contributed by atoms with Crippen LogP contribution >= 0.6 is 0 Å². The Morgan fingerprint density at radius 1 is 0.516 bits per heavy atom. The molecule has 0 saturated heterocycles. The summed E-state index contributed by atoms with van der Waals surface area (Å²) in [5, 5.41) is 12.3. The van der Waals surface area contributed by atoms with Gasteiger partial charge in [-0.1, -0.05) is 156 Å². The fraction of sp³-hybridized carbons (Fsp3) is 0.172. The van der Waals surface area contributed by atoms with Gasteiger partial charge in [0.05, 0.1) is 28.0 Å². The van der Waals surface area contributed by atoms with Crippen LogP contribution in [-0.2, 0) is 10.8 Å². The first-order valence-corrected chi connectivity index (χ1v) is 21.3. The summed E-state index contributed by atoms with van der Waals surface area (Å²) in [5.41, 5.74) is 16.0. The molecule has 2 heterocycles. The third kappa shape index (κ3) is 7.74. The first-order chi connectivity index (χ1) is 30.9. The van der Waals surface area contributed by atoms with Crippen molar-refractivity contribution in [2.75, 3.05) is 0 Å². The highest BCUT2D eigenvalue weighted by molar-refractivity contribution is 5.98. The third-order valence-corrected chi connectivity index (χ3v) is 11.8. The SMILES string of the molecule is [2H]C([2H])([2H])c1ccc(-c2ccnc(-c3cc(-c4ccccc4)cc(-c4cccc5c4nc(-c4cc(C)cc(C(C)(C)C)c4O)n5-c4ccc(C(C)(C)C)cc4-c4ccccc4)c3)c2)cc1. The molecule has 0 bridgehead atoms. The van der Waals surface area contributed by atoms with Crippen LogP contribution in [0.25, 0.3) is 83.9 Å². The topological polar surface area (TPSA) is 50.9 Å². The van der Waals surface area contributed by atoms with Gasteiger partial charge in [0.2, 0.25) is 0 Å². The Morgan fingerprint density at radius 3 is 1.89 bits per heavy atom. The van der Waals surface area contributed by atoms with Gasteiger partial charge < -0.3 is 5.11 Å². The highest BCUT2D eigenvalue weighted by Gasteiger charge is 2.27. The second-order valence-electron chi connectivity index (χ2n) is 18.4. The van der Waals surface area contributed by atoms with E-state index in [4.69, 9.17) is 14.1 Å². The van der Waals surface area contributed by atoms with Crippen LogP contribution in [0.1, 0.15) is 67.9 Å². The number of aromatic hydroxyl groups is 1. The van der Waals surface area contributed by atoms with Gasteiger partial charge in [-0.05, 0) is 124 Å². The highest BCUT2D eigenvalue weighted by atomic mass is 16.3. The molecule has 0 unspecified atom stereocenters. The number of imidazole rings is 1. The number of para-hydroxylation sites is 1. The smallest absolute Gasteiger partial charge is 0.149 e. The van der Waals surface area contributed by atoms with Crippen molar-refractivity contribution < 1.29 is 9.22 Å². The molecule has 1 N–H and O–H groups in total. The van der Waals surface area contributed by atoms with Crippen molar-refractivity contribution in [2.45, 2.75) is 66.1 Å². The Kier molecular flexibility index (Phi) is 9.36. The molecule has 0 atom stereocenters. The van der Waals surface area contributed by atoms with E-state index in [9.17, 15) is 5.11 Å². The van der Waals surface area contributed by atoms with E-state index in [0.29, 0.717) is 17.0 Å². The van der Waals surface area contributed by atoms with Crippen LogP contribution in [0.3, 0.4) is 0 Å². The number of rotatable bonds is 7. The minimum atomic E-state index is -2.17. The molecule has 4 heteroatoms. The molecule has 306 valence electrons. The summed E-state index contributed by atoms with van der Waals surface area (Å²) in [5.74, 6) is 0.874. The van der Waals surface area contributed by atoms with Gasteiger partial charge in [-0.25, -0.2) is 4.98 Å². The lowest BCUT2D eigenvalue weighted by atomic mass is 9.84. The lowest BCUT2D eigenvalue weighted by Crippen LogP contribution is -2.13. The zero-order valence-corrected chi connectivity index (χ0v) is 36.5. The molecular weight excluding hydrogens is 755 g/mol. The number of fused-ring (bicyclic) bond motifs is 1.